The number of sulfone groups is 1. The number of hydrogen-bond donors (Lipinski definition) is 1. The number of nitrogens with zero attached hydrogens (tertiary/aromatic N) is 1. The lowest BCUT2D eigenvalue weighted by Crippen LogP contribution is -2.45. The van der Waals surface area contributed by atoms with E-state index in [9.17, 15) is 22.3 Å². The quantitative estimate of drug-likeness (QED) is 0.865. The first-order valence-corrected chi connectivity index (χ1v) is 9.02. The molecule has 1 N–H and O–H groups in total. The first-order valence-electron chi connectivity index (χ1n) is 6.96. The van der Waals surface area contributed by atoms with E-state index in [4.69, 9.17) is 0 Å². The summed E-state index contributed by atoms with van der Waals surface area (Å²) in [5.41, 5.74) is -0.114. The second-order valence-corrected chi connectivity index (χ2v) is 8.70. The van der Waals surface area contributed by atoms with Crippen molar-refractivity contribution in [2.45, 2.75) is 32.4 Å². The van der Waals surface area contributed by atoms with Gasteiger partial charge in [0.05, 0.1) is 11.9 Å². The number of aliphatic hydroxyl groups is 1. The monoisotopic (exact) mass is 335 g/mol. The summed E-state index contributed by atoms with van der Waals surface area (Å²) in [6.45, 7) is 6.07. The highest BCUT2D eigenvalue weighted by atomic mass is 32.2. The van der Waals surface area contributed by atoms with E-state index in [0.717, 1.165) is 18.4 Å². The summed E-state index contributed by atoms with van der Waals surface area (Å²) in [4.78, 5) is 1.81. The molecular formula is C15H23F2NO3S. The zero-order valence-corrected chi connectivity index (χ0v) is 14.1. The summed E-state index contributed by atoms with van der Waals surface area (Å²) in [7, 11) is -3.13. The SMILES string of the molecule is CC(C)(C)N(CCS(C)(=O)=O)CC(O)c1ccc(F)c(F)c1. The van der Waals surface area contributed by atoms with Crippen LogP contribution in [0.15, 0.2) is 18.2 Å². The molecule has 1 aromatic carbocycles. The van der Waals surface area contributed by atoms with Crippen molar-refractivity contribution in [2.24, 2.45) is 0 Å². The molecule has 0 aliphatic carbocycles. The summed E-state index contributed by atoms with van der Waals surface area (Å²) in [5.74, 6) is -2.02. The molecule has 1 aromatic rings. The van der Waals surface area contributed by atoms with Crippen LogP contribution in [0.5, 0.6) is 0 Å². The van der Waals surface area contributed by atoms with Crippen LogP contribution in [0, 0.1) is 11.6 Å². The summed E-state index contributed by atoms with van der Waals surface area (Å²) in [5, 5.41) is 10.2. The lowest BCUT2D eigenvalue weighted by atomic mass is 10.0. The van der Waals surface area contributed by atoms with Gasteiger partial charge in [-0.15, -0.1) is 0 Å². The second kappa shape index (κ2) is 7.02. The molecule has 0 saturated heterocycles. The Morgan fingerprint density at radius 3 is 2.27 bits per heavy atom. The van der Waals surface area contributed by atoms with E-state index in [1.54, 1.807) is 4.90 Å². The van der Waals surface area contributed by atoms with Crippen molar-refractivity contribution in [1.29, 1.82) is 0 Å². The molecule has 22 heavy (non-hydrogen) atoms. The first kappa shape index (κ1) is 19.0. The van der Waals surface area contributed by atoms with Crippen LogP contribution < -0.4 is 0 Å². The number of benzene rings is 1. The molecule has 0 aliphatic rings. The van der Waals surface area contributed by atoms with Crippen LogP contribution in [0.4, 0.5) is 8.78 Å². The van der Waals surface area contributed by atoms with Crippen molar-refractivity contribution < 1.29 is 22.3 Å². The molecule has 0 saturated carbocycles. The van der Waals surface area contributed by atoms with Gasteiger partial charge in [-0.3, -0.25) is 4.90 Å². The van der Waals surface area contributed by atoms with Gasteiger partial charge in [-0.1, -0.05) is 6.07 Å². The lowest BCUT2D eigenvalue weighted by Gasteiger charge is -2.37. The van der Waals surface area contributed by atoms with E-state index in [0.29, 0.717) is 0 Å². The molecule has 7 heteroatoms. The number of halogens is 2. The van der Waals surface area contributed by atoms with Gasteiger partial charge in [0.1, 0.15) is 9.84 Å². The largest absolute Gasteiger partial charge is 0.387 e. The van der Waals surface area contributed by atoms with Crippen molar-refractivity contribution in [3.8, 4) is 0 Å². The van der Waals surface area contributed by atoms with Gasteiger partial charge in [-0.25, -0.2) is 17.2 Å². The van der Waals surface area contributed by atoms with Crippen molar-refractivity contribution in [1.82, 2.24) is 4.90 Å². The van der Waals surface area contributed by atoms with Crippen LogP contribution in [0.1, 0.15) is 32.4 Å². The predicted octanol–water partition coefficient (Wildman–Crippen LogP) is 2.14. The van der Waals surface area contributed by atoms with Crippen LogP contribution in [-0.4, -0.2) is 49.1 Å². The van der Waals surface area contributed by atoms with Crippen molar-refractivity contribution in [2.75, 3.05) is 25.1 Å². The Labute approximate surface area is 130 Å². The van der Waals surface area contributed by atoms with E-state index in [1.807, 2.05) is 20.8 Å². The third-order valence-corrected chi connectivity index (χ3v) is 4.33. The van der Waals surface area contributed by atoms with Gasteiger partial charge in [0, 0.05) is 24.9 Å². The van der Waals surface area contributed by atoms with Crippen LogP contribution in [0.25, 0.3) is 0 Å². The molecule has 0 heterocycles. The van der Waals surface area contributed by atoms with Crippen molar-refractivity contribution >= 4 is 9.84 Å². The minimum Gasteiger partial charge on any atom is -0.387 e. The Kier molecular flexibility index (Phi) is 6.06. The lowest BCUT2D eigenvalue weighted by molar-refractivity contribution is 0.0629. The standard InChI is InChI=1S/C15H23F2NO3S/c1-15(2,3)18(7-8-22(4,20)21)10-14(19)11-5-6-12(16)13(17)9-11/h5-6,9,14,19H,7-8,10H2,1-4H3. The molecule has 0 bridgehead atoms. The van der Waals surface area contributed by atoms with Crippen molar-refractivity contribution in [3.05, 3.63) is 35.4 Å². The molecule has 0 spiro atoms. The van der Waals surface area contributed by atoms with Gasteiger partial charge in [-0.05, 0) is 38.5 Å². The molecule has 0 amide bonds. The molecule has 126 valence electrons. The Morgan fingerprint density at radius 1 is 1.23 bits per heavy atom. The Balaban J connectivity index is 2.86. The minimum atomic E-state index is -3.13. The summed E-state index contributed by atoms with van der Waals surface area (Å²) < 4.78 is 48.8. The second-order valence-electron chi connectivity index (χ2n) is 6.44. The highest BCUT2D eigenvalue weighted by Gasteiger charge is 2.25. The highest BCUT2D eigenvalue weighted by Crippen LogP contribution is 2.21. The molecule has 0 aromatic heterocycles. The van der Waals surface area contributed by atoms with Crippen LogP contribution in [0.3, 0.4) is 0 Å². The summed E-state index contributed by atoms with van der Waals surface area (Å²) >= 11 is 0. The minimum absolute atomic E-state index is 0.0330. The molecular weight excluding hydrogens is 312 g/mol. The Hall–Kier alpha value is -1.05. The fourth-order valence-corrected chi connectivity index (χ4v) is 2.56. The zero-order chi connectivity index (χ0) is 17.1. The van der Waals surface area contributed by atoms with Crippen LogP contribution in [-0.2, 0) is 9.84 Å². The van der Waals surface area contributed by atoms with E-state index in [1.165, 1.54) is 6.07 Å². The maximum atomic E-state index is 13.2. The molecule has 1 atom stereocenters. The first-order chi connectivity index (χ1) is 9.90. The normalized spacial score (nSPS) is 14.4. The molecule has 1 unspecified atom stereocenters. The Bertz CT molecular complexity index is 612. The maximum absolute atomic E-state index is 13.2. The summed E-state index contributed by atoms with van der Waals surface area (Å²) in [6, 6.07) is 3.24. The van der Waals surface area contributed by atoms with E-state index in [2.05, 4.69) is 0 Å². The van der Waals surface area contributed by atoms with E-state index < -0.39 is 27.6 Å². The van der Waals surface area contributed by atoms with Gasteiger partial charge in [0.15, 0.2) is 11.6 Å². The maximum Gasteiger partial charge on any atom is 0.159 e. The van der Waals surface area contributed by atoms with Gasteiger partial charge in [0.25, 0.3) is 0 Å². The molecule has 0 aliphatic heterocycles. The third kappa shape index (κ3) is 5.98. The fourth-order valence-electron chi connectivity index (χ4n) is 2.01. The predicted molar refractivity (Wildman–Crippen MR) is 82.4 cm³/mol. The van der Waals surface area contributed by atoms with Crippen LogP contribution >= 0.6 is 0 Å². The molecule has 4 nitrogen and oxygen atoms in total. The molecule has 1 rings (SSSR count). The zero-order valence-electron chi connectivity index (χ0n) is 13.3. The smallest absolute Gasteiger partial charge is 0.159 e. The molecule has 0 radical (unpaired) electrons. The van der Waals surface area contributed by atoms with Gasteiger partial charge >= 0.3 is 0 Å². The average molecular weight is 335 g/mol. The number of rotatable bonds is 6. The van der Waals surface area contributed by atoms with Gasteiger partial charge < -0.3 is 5.11 Å². The number of aliphatic hydroxyl groups excluding tert-OH is 1. The number of hydrogen-bond acceptors (Lipinski definition) is 4. The topological polar surface area (TPSA) is 57.6 Å². The third-order valence-electron chi connectivity index (χ3n) is 3.40. The average Bonchev–Trinajstić information content (AvgIpc) is 2.34. The summed E-state index contributed by atoms with van der Waals surface area (Å²) in [6.07, 6.45) is 0.119. The van der Waals surface area contributed by atoms with Crippen molar-refractivity contribution in [3.63, 3.8) is 0 Å². The number of β-amino-alcohol motifs (C(OH)–C–C–N with tert-alkyl or cyclic N) is 1. The highest BCUT2D eigenvalue weighted by molar-refractivity contribution is 7.90. The van der Waals surface area contributed by atoms with E-state index >= 15 is 0 Å². The van der Waals surface area contributed by atoms with Crippen LogP contribution in [0.2, 0.25) is 0 Å². The fraction of sp³-hybridized carbons (Fsp3) is 0.600. The van der Waals surface area contributed by atoms with Gasteiger partial charge in [0.2, 0.25) is 0 Å². The van der Waals surface area contributed by atoms with E-state index in [-0.39, 0.29) is 29.9 Å². The van der Waals surface area contributed by atoms with Gasteiger partial charge in [-0.2, -0.15) is 0 Å². The molecule has 0 fully saturated rings. The Morgan fingerprint density at radius 2 is 1.82 bits per heavy atom.